The lowest BCUT2D eigenvalue weighted by atomic mass is 9.34. The third-order valence-corrected chi connectivity index (χ3v) is 8.90. The van der Waals surface area contributed by atoms with Crippen LogP contribution in [0.4, 0.5) is 0 Å². The zero-order valence-electron chi connectivity index (χ0n) is 7.43. The average Bonchev–Trinajstić information content (AvgIpc) is 2.27. The number of nitrogens with two attached hydrogens (primary N) is 1. The quantitative estimate of drug-likeness (QED) is 0.653. The smallest absolute Gasteiger partial charge is 0.0875 e. The molecule has 76 valence electrons. The van der Waals surface area contributed by atoms with Gasteiger partial charge in [-0.25, -0.2) is 0 Å². The van der Waals surface area contributed by atoms with Crippen molar-refractivity contribution in [3.63, 3.8) is 0 Å². The van der Waals surface area contributed by atoms with Crippen molar-refractivity contribution in [3.8, 4) is 0 Å². The first kappa shape index (κ1) is 8.00. The maximum atomic E-state index is 6.68. The molecule has 8 unspecified atom stereocenters. The van der Waals surface area contributed by atoms with E-state index in [4.69, 9.17) is 40.5 Å². The zero-order valence-corrected chi connectivity index (χ0v) is 9.70. The first-order valence-corrected chi connectivity index (χ1v) is 6.43. The second-order valence-corrected chi connectivity index (χ2v) is 7.84. The van der Waals surface area contributed by atoms with Gasteiger partial charge in [-0.3, -0.25) is 0 Å². The molecule has 1 nitrogen and oxygen atoms in total. The Morgan fingerprint density at radius 2 is 1.79 bits per heavy atom. The number of fused-ring (bicyclic) bond motifs is 2. The van der Waals surface area contributed by atoms with Gasteiger partial charge in [0.25, 0.3) is 0 Å². The Morgan fingerprint density at radius 3 is 2.50 bits per heavy atom. The molecule has 5 aliphatic rings. The second-order valence-electron chi connectivity index (χ2n) is 5.95. The first-order valence-electron chi connectivity index (χ1n) is 5.29. The zero-order chi connectivity index (χ0) is 9.72. The summed E-state index contributed by atoms with van der Waals surface area (Å²) in [5.41, 5.74) is 6.10. The number of halogens is 3. The Morgan fingerprint density at radius 1 is 1.07 bits per heavy atom. The molecule has 0 aromatic heterocycles. The summed E-state index contributed by atoms with van der Waals surface area (Å²) < 4.78 is 0. The minimum atomic E-state index is -0.356. The van der Waals surface area contributed by atoms with Crippen LogP contribution in [-0.4, -0.2) is 20.2 Å². The van der Waals surface area contributed by atoms with Crippen LogP contribution in [0.3, 0.4) is 0 Å². The van der Waals surface area contributed by atoms with E-state index >= 15 is 0 Å². The van der Waals surface area contributed by atoms with Crippen LogP contribution in [0.25, 0.3) is 0 Å². The van der Waals surface area contributed by atoms with Gasteiger partial charge < -0.3 is 5.73 Å². The fourth-order valence-electron chi connectivity index (χ4n) is 6.09. The summed E-state index contributed by atoms with van der Waals surface area (Å²) in [6.45, 7) is 0. The molecule has 14 heavy (non-hydrogen) atoms. The standard InChI is InChI=1S/C10H10Cl3N/c11-7-2-5-3-1-4(7)6-8(3,12)9(5,13)10(6,7)14/h3-6H,1-2,14H2. The van der Waals surface area contributed by atoms with Crippen molar-refractivity contribution < 1.29 is 0 Å². The summed E-state index contributed by atoms with van der Waals surface area (Å²) >= 11 is 20.0. The summed E-state index contributed by atoms with van der Waals surface area (Å²) in [7, 11) is 0. The van der Waals surface area contributed by atoms with Crippen LogP contribution in [0.5, 0.6) is 0 Å². The molecule has 0 aliphatic heterocycles. The van der Waals surface area contributed by atoms with Crippen LogP contribution in [0, 0.1) is 23.7 Å². The van der Waals surface area contributed by atoms with Crippen molar-refractivity contribution in [2.24, 2.45) is 29.4 Å². The highest BCUT2D eigenvalue weighted by atomic mass is 35.5. The molecule has 0 radical (unpaired) electrons. The fourth-order valence-corrected chi connectivity index (χ4v) is 8.42. The van der Waals surface area contributed by atoms with E-state index < -0.39 is 0 Å². The summed E-state index contributed by atoms with van der Waals surface area (Å²) in [4.78, 5) is -0.728. The predicted molar refractivity (Wildman–Crippen MR) is 55.9 cm³/mol. The van der Waals surface area contributed by atoms with Crippen LogP contribution in [0.15, 0.2) is 0 Å². The molecule has 5 saturated carbocycles. The van der Waals surface area contributed by atoms with E-state index in [1.807, 2.05) is 0 Å². The Bertz CT molecular complexity index is 406. The van der Waals surface area contributed by atoms with Gasteiger partial charge in [-0.15, -0.1) is 34.8 Å². The van der Waals surface area contributed by atoms with Gasteiger partial charge in [0.1, 0.15) is 0 Å². The van der Waals surface area contributed by atoms with Gasteiger partial charge in [0.2, 0.25) is 0 Å². The molecule has 0 saturated heterocycles. The SMILES string of the molecule is NC12C3C4CC5C(CC41Cl)C2(Cl)C53Cl. The minimum absolute atomic E-state index is 0.173. The van der Waals surface area contributed by atoms with E-state index in [2.05, 4.69) is 0 Å². The Kier molecular flexibility index (Phi) is 0.863. The Balaban J connectivity index is 1.89. The number of hydrogen-bond donors (Lipinski definition) is 1. The van der Waals surface area contributed by atoms with E-state index in [1.165, 1.54) is 6.42 Å². The molecule has 4 heteroatoms. The topological polar surface area (TPSA) is 26.0 Å². The van der Waals surface area contributed by atoms with Gasteiger partial charge in [0.05, 0.1) is 20.2 Å². The molecule has 0 aromatic rings. The van der Waals surface area contributed by atoms with Crippen LogP contribution in [0.2, 0.25) is 0 Å². The van der Waals surface area contributed by atoms with Crippen LogP contribution >= 0.6 is 34.8 Å². The highest BCUT2D eigenvalue weighted by Gasteiger charge is 3.07. The molecule has 5 rings (SSSR count). The van der Waals surface area contributed by atoms with Crippen LogP contribution < -0.4 is 5.73 Å². The number of alkyl halides is 3. The Labute approximate surface area is 97.2 Å². The van der Waals surface area contributed by atoms with Crippen LogP contribution in [0.1, 0.15) is 12.8 Å². The van der Waals surface area contributed by atoms with Gasteiger partial charge >= 0.3 is 0 Å². The van der Waals surface area contributed by atoms with E-state index in [9.17, 15) is 0 Å². The van der Waals surface area contributed by atoms with E-state index in [-0.39, 0.29) is 20.2 Å². The molecule has 0 amide bonds. The molecule has 0 spiro atoms. The van der Waals surface area contributed by atoms with E-state index in [0.717, 1.165) is 6.42 Å². The lowest BCUT2D eigenvalue weighted by Crippen LogP contribution is -2.98. The number of hydrogen-bond acceptors (Lipinski definition) is 1. The molecular formula is C10H10Cl3N. The Hall–Kier alpha value is 0.830. The summed E-state index contributed by atoms with van der Waals surface area (Å²) in [6.07, 6.45) is 2.19. The summed E-state index contributed by atoms with van der Waals surface area (Å²) in [6, 6.07) is 0. The van der Waals surface area contributed by atoms with Gasteiger partial charge in [-0.1, -0.05) is 0 Å². The highest BCUT2D eigenvalue weighted by Crippen LogP contribution is 2.98. The van der Waals surface area contributed by atoms with Gasteiger partial charge in [-0.2, -0.15) is 0 Å². The van der Waals surface area contributed by atoms with Gasteiger partial charge in [0, 0.05) is 5.92 Å². The predicted octanol–water partition coefficient (Wildman–Crippen LogP) is 1.93. The lowest BCUT2D eigenvalue weighted by Gasteiger charge is -2.81. The molecule has 5 aliphatic carbocycles. The van der Waals surface area contributed by atoms with E-state index in [1.54, 1.807) is 0 Å². The average molecular weight is 251 g/mol. The molecule has 5 fully saturated rings. The molecule has 8 atom stereocenters. The maximum absolute atomic E-state index is 6.68. The molecular weight excluding hydrogens is 240 g/mol. The third kappa shape index (κ3) is 0.321. The van der Waals surface area contributed by atoms with Crippen molar-refractivity contribution in [2.45, 2.75) is 33.0 Å². The molecule has 0 heterocycles. The van der Waals surface area contributed by atoms with Crippen molar-refractivity contribution in [3.05, 3.63) is 0 Å². The van der Waals surface area contributed by atoms with Gasteiger partial charge in [0.15, 0.2) is 0 Å². The van der Waals surface area contributed by atoms with Crippen molar-refractivity contribution in [1.82, 2.24) is 0 Å². The molecule has 2 N–H and O–H groups in total. The summed E-state index contributed by atoms with van der Waals surface area (Å²) in [5.74, 6) is 2.08. The highest BCUT2D eigenvalue weighted by molar-refractivity contribution is 6.43. The molecule has 0 aromatic carbocycles. The van der Waals surface area contributed by atoms with Crippen molar-refractivity contribution >= 4 is 34.8 Å². The van der Waals surface area contributed by atoms with Crippen molar-refractivity contribution in [2.75, 3.05) is 0 Å². The maximum Gasteiger partial charge on any atom is 0.0875 e. The minimum Gasteiger partial charge on any atom is -0.322 e. The number of rotatable bonds is 0. The first-order chi connectivity index (χ1) is 6.44. The summed E-state index contributed by atoms with van der Waals surface area (Å²) in [5, 5.41) is 0. The monoisotopic (exact) mass is 249 g/mol. The fraction of sp³-hybridized carbons (Fsp3) is 1.00. The van der Waals surface area contributed by atoms with E-state index in [0.29, 0.717) is 23.7 Å². The lowest BCUT2D eigenvalue weighted by molar-refractivity contribution is -0.151. The molecule has 0 bridgehead atoms. The largest absolute Gasteiger partial charge is 0.322 e. The second kappa shape index (κ2) is 1.51. The van der Waals surface area contributed by atoms with Crippen LogP contribution in [-0.2, 0) is 0 Å². The van der Waals surface area contributed by atoms with Crippen molar-refractivity contribution in [1.29, 1.82) is 0 Å². The van der Waals surface area contributed by atoms with Gasteiger partial charge in [-0.05, 0) is 30.6 Å². The normalized spacial score (nSPS) is 90.0. The third-order valence-electron chi connectivity index (χ3n) is 6.34.